The molecule has 2 rings (SSSR count). The molecule has 1 atom stereocenters. The summed E-state index contributed by atoms with van der Waals surface area (Å²) in [6.07, 6.45) is 0.836. The Morgan fingerprint density at radius 2 is 1.56 bits per heavy atom. The molecule has 2 amide bonds. The highest BCUT2D eigenvalue weighted by Crippen LogP contribution is 2.20. The van der Waals surface area contributed by atoms with Crippen molar-refractivity contribution in [2.45, 2.75) is 33.2 Å². The number of aryl methyl sites for hydroxylation is 1. The predicted octanol–water partition coefficient (Wildman–Crippen LogP) is 3.29. The van der Waals surface area contributed by atoms with Crippen molar-refractivity contribution in [3.05, 3.63) is 65.7 Å². The van der Waals surface area contributed by atoms with Crippen LogP contribution in [-0.2, 0) is 16.0 Å². The van der Waals surface area contributed by atoms with Crippen molar-refractivity contribution in [2.24, 2.45) is 5.92 Å². The van der Waals surface area contributed by atoms with Gasteiger partial charge in [-0.05, 0) is 29.5 Å². The van der Waals surface area contributed by atoms with Gasteiger partial charge in [-0.2, -0.15) is 0 Å². The Labute approximate surface area is 161 Å². The number of carbonyl (C=O) groups excluding carboxylic acids is 2. The lowest BCUT2D eigenvalue weighted by Gasteiger charge is -2.22. The molecule has 0 aliphatic heterocycles. The molecule has 0 bridgehead atoms. The Bertz CT molecular complexity index is 744. The molecule has 3 N–H and O–H groups in total. The van der Waals surface area contributed by atoms with E-state index in [9.17, 15) is 9.59 Å². The molecule has 5 nitrogen and oxygen atoms in total. The van der Waals surface area contributed by atoms with Crippen LogP contribution in [0.3, 0.4) is 0 Å². The van der Waals surface area contributed by atoms with Gasteiger partial charge in [-0.1, -0.05) is 69.3 Å². The Morgan fingerprint density at radius 3 is 2.22 bits per heavy atom. The van der Waals surface area contributed by atoms with Crippen LogP contribution in [0.15, 0.2) is 54.6 Å². The minimum absolute atomic E-state index is 0.0454. The molecule has 27 heavy (non-hydrogen) atoms. The summed E-state index contributed by atoms with van der Waals surface area (Å²) >= 11 is 0. The van der Waals surface area contributed by atoms with Crippen LogP contribution in [-0.4, -0.2) is 24.9 Å². The van der Waals surface area contributed by atoms with E-state index in [2.05, 4.69) is 29.8 Å². The van der Waals surface area contributed by atoms with Gasteiger partial charge >= 0.3 is 0 Å². The molecule has 0 spiro atoms. The quantitative estimate of drug-likeness (QED) is 0.637. The van der Waals surface area contributed by atoms with Crippen molar-refractivity contribution in [1.29, 1.82) is 0 Å². The second-order valence-electron chi connectivity index (χ2n) is 6.85. The minimum atomic E-state index is -0.229. The summed E-state index contributed by atoms with van der Waals surface area (Å²) in [6, 6.07) is 17.8. The molecular weight excluding hydrogens is 338 g/mol. The first-order chi connectivity index (χ1) is 13.0. The van der Waals surface area contributed by atoms with Gasteiger partial charge in [0.15, 0.2) is 0 Å². The highest BCUT2D eigenvalue weighted by atomic mass is 16.2. The van der Waals surface area contributed by atoms with E-state index in [1.165, 1.54) is 0 Å². The average Bonchev–Trinajstić information content (AvgIpc) is 2.67. The SMILES string of the molecule is CCc1ccccc1NC(=O)CNC(=O)CN[C@@H](c1ccccc1)C(C)C. The maximum absolute atomic E-state index is 12.1. The first-order valence-electron chi connectivity index (χ1n) is 9.44. The zero-order valence-electron chi connectivity index (χ0n) is 16.3. The Balaban J connectivity index is 1.80. The highest BCUT2D eigenvalue weighted by molar-refractivity contribution is 5.95. The first-order valence-corrected chi connectivity index (χ1v) is 9.44. The number of carbonyl (C=O) groups is 2. The lowest BCUT2D eigenvalue weighted by molar-refractivity contribution is -0.123. The van der Waals surface area contributed by atoms with Crippen molar-refractivity contribution in [2.75, 3.05) is 18.4 Å². The summed E-state index contributed by atoms with van der Waals surface area (Å²) in [7, 11) is 0. The maximum Gasteiger partial charge on any atom is 0.243 e. The average molecular weight is 367 g/mol. The molecule has 0 saturated carbocycles. The van der Waals surface area contributed by atoms with E-state index in [4.69, 9.17) is 0 Å². The van der Waals surface area contributed by atoms with Gasteiger partial charge < -0.3 is 16.0 Å². The third-order valence-electron chi connectivity index (χ3n) is 4.43. The van der Waals surface area contributed by atoms with Crippen molar-refractivity contribution in [3.63, 3.8) is 0 Å². The molecule has 5 heteroatoms. The number of hydrogen-bond acceptors (Lipinski definition) is 3. The highest BCUT2D eigenvalue weighted by Gasteiger charge is 2.16. The summed E-state index contributed by atoms with van der Waals surface area (Å²) in [5, 5.41) is 8.81. The minimum Gasteiger partial charge on any atom is -0.346 e. The van der Waals surface area contributed by atoms with Crippen LogP contribution in [0.25, 0.3) is 0 Å². The lowest BCUT2D eigenvalue weighted by Crippen LogP contribution is -2.40. The molecule has 2 aromatic rings. The molecule has 0 aromatic heterocycles. The molecule has 144 valence electrons. The number of nitrogens with one attached hydrogen (secondary N) is 3. The molecule has 0 aliphatic carbocycles. The second-order valence-corrected chi connectivity index (χ2v) is 6.85. The van der Waals surface area contributed by atoms with Gasteiger partial charge in [0.1, 0.15) is 0 Å². The molecule has 0 unspecified atom stereocenters. The van der Waals surface area contributed by atoms with Gasteiger partial charge in [0.25, 0.3) is 0 Å². The third kappa shape index (κ3) is 6.53. The van der Waals surface area contributed by atoms with E-state index in [1.807, 2.05) is 61.5 Å². The molecule has 0 aliphatic rings. The third-order valence-corrected chi connectivity index (χ3v) is 4.43. The normalized spacial score (nSPS) is 11.9. The number of rotatable bonds is 9. The molecule has 0 saturated heterocycles. The topological polar surface area (TPSA) is 70.2 Å². The zero-order valence-corrected chi connectivity index (χ0v) is 16.3. The molecule has 0 radical (unpaired) electrons. The van der Waals surface area contributed by atoms with Crippen LogP contribution in [0.1, 0.15) is 37.9 Å². The van der Waals surface area contributed by atoms with E-state index in [-0.39, 0.29) is 30.9 Å². The van der Waals surface area contributed by atoms with E-state index in [0.717, 1.165) is 23.2 Å². The number of para-hydroxylation sites is 1. The first kappa shape index (κ1) is 20.6. The fourth-order valence-electron chi connectivity index (χ4n) is 2.99. The van der Waals surface area contributed by atoms with Gasteiger partial charge in [0.05, 0.1) is 13.1 Å². The van der Waals surface area contributed by atoms with Crippen molar-refractivity contribution in [3.8, 4) is 0 Å². The van der Waals surface area contributed by atoms with Crippen LogP contribution in [0.2, 0.25) is 0 Å². The molecule has 2 aromatic carbocycles. The fraction of sp³-hybridized carbons (Fsp3) is 0.364. The standard InChI is InChI=1S/C22H29N3O2/c1-4-17-10-8-9-13-19(17)25-21(27)15-23-20(26)14-24-22(16(2)3)18-11-6-5-7-12-18/h5-13,16,22,24H,4,14-15H2,1-3H3,(H,23,26)(H,25,27)/t22-/m1/s1. The molecule has 0 heterocycles. The van der Waals surface area contributed by atoms with E-state index in [0.29, 0.717) is 5.92 Å². The maximum atomic E-state index is 12.1. The summed E-state index contributed by atoms with van der Waals surface area (Å²) < 4.78 is 0. The molecule has 0 fully saturated rings. The largest absolute Gasteiger partial charge is 0.346 e. The molecular formula is C22H29N3O2. The van der Waals surface area contributed by atoms with Gasteiger partial charge in [-0.15, -0.1) is 0 Å². The van der Waals surface area contributed by atoms with Crippen LogP contribution in [0.5, 0.6) is 0 Å². The van der Waals surface area contributed by atoms with Gasteiger partial charge in [0.2, 0.25) is 11.8 Å². The van der Waals surface area contributed by atoms with Crippen LogP contribution in [0, 0.1) is 5.92 Å². The summed E-state index contributed by atoms with van der Waals surface area (Å²) in [5.74, 6) is -0.0859. The smallest absolute Gasteiger partial charge is 0.243 e. The second kappa shape index (κ2) is 10.5. The lowest BCUT2D eigenvalue weighted by atomic mass is 9.96. The number of amides is 2. The van der Waals surface area contributed by atoms with Crippen LogP contribution >= 0.6 is 0 Å². The Hall–Kier alpha value is -2.66. The Kier molecular flexibility index (Phi) is 8.01. The monoisotopic (exact) mass is 367 g/mol. The predicted molar refractivity (Wildman–Crippen MR) is 109 cm³/mol. The summed E-state index contributed by atoms with van der Waals surface area (Å²) in [5.41, 5.74) is 3.01. The van der Waals surface area contributed by atoms with Crippen molar-refractivity contribution >= 4 is 17.5 Å². The van der Waals surface area contributed by atoms with Crippen LogP contribution < -0.4 is 16.0 Å². The van der Waals surface area contributed by atoms with Gasteiger partial charge in [-0.25, -0.2) is 0 Å². The van der Waals surface area contributed by atoms with Gasteiger partial charge in [-0.3, -0.25) is 9.59 Å². The number of anilines is 1. The van der Waals surface area contributed by atoms with E-state index < -0.39 is 0 Å². The zero-order chi connectivity index (χ0) is 19.6. The Morgan fingerprint density at radius 1 is 0.889 bits per heavy atom. The van der Waals surface area contributed by atoms with E-state index >= 15 is 0 Å². The van der Waals surface area contributed by atoms with Crippen LogP contribution in [0.4, 0.5) is 5.69 Å². The van der Waals surface area contributed by atoms with Crippen molar-refractivity contribution in [1.82, 2.24) is 10.6 Å². The fourth-order valence-corrected chi connectivity index (χ4v) is 2.99. The number of benzene rings is 2. The van der Waals surface area contributed by atoms with Crippen molar-refractivity contribution < 1.29 is 9.59 Å². The van der Waals surface area contributed by atoms with E-state index in [1.54, 1.807) is 0 Å². The summed E-state index contributed by atoms with van der Waals surface area (Å²) in [4.78, 5) is 24.2. The number of hydrogen-bond donors (Lipinski definition) is 3. The van der Waals surface area contributed by atoms with Gasteiger partial charge in [0, 0.05) is 11.7 Å². The summed E-state index contributed by atoms with van der Waals surface area (Å²) in [6.45, 7) is 6.38.